The third kappa shape index (κ3) is 4.22. The van der Waals surface area contributed by atoms with Crippen LogP contribution in [0.3, 0.4) is 0 Å². The maximum Gasteiger partial charge on any atom is 0.332 e. The third-order valence-corrected chi connectivity index (χ3v) is 6.32. The molecular weight excluding hydrogens is 438 g/mol. The van der Waals surface area contributed by atoms with E-state index in [1.807, 2.05) is 18.2 Å². The zero-order valence-electron chi connectivity index (χ0n) is 17.9. The fourth-order valence-electron chi connectivity index (χ4n) is 4.43. The monoisotopic (exact) mass is 459 g/mol. The first-order chi connectivity index (χ1) is 16.0. The Hall–Kier alpha value is -3.64. The van der Waals surface area contributed by atoms with Gasteiger partial charge in [-0.05, 0) is 72.4 Å². The highest BCUT2D eigenvalue weighted by atomic mass is 35.5. The maximum absolute atomic E-state index is 13.3. The minimum Gasteiger partial charge on any atom is -0.325 e. The van der Waals surface area contributed by atoms with Crippen LogP contribution in [0.2, 0.25) is 5.02 Å². The van der Waals surface area contributed by atoms with E-state index in [0.717, 1.165) is 29.4 Å². The Bertz CT molecular complexity index is 1490. The number of hydrogen-bond acceptors (Lipinski definition) is 3. The molecule has 0 radical (unpaired) electrons. The van der Waals surface area contributed by atoms with Crippen LogP contribution < -0.4 is 16.6 Å². The molecule has 3 aromatic carbocycles. The van der Waals surface area contributed by atoms with Crippen LogP contribution in [0.5, 0.6) is 0 Å². The molecule has 0 aliphatic heterocycles. The number of carbonyl (C=O) groups excluding carboxylic acids is 1. The summed E-state index contributed by atoms with van der Waals surface area (Å²) in [5, 5.41) is 3.86. The predicted octanol–water partition coefficient (Wildman–Crippen LogP) is 3.99. The van der Waals surface area contributed by atoms with E-state index < -0.39 is 5.69 Å². The third-order valence-electron chi connectivity index (χ3n) is 6.07. The van der Waals surface area contributed by atoms with Crippen LogP contribution in [0.25, 0.3) is 10.9 Å². The van der Waals surface area contributed by atoms with Crippen LogP contribution in [-0.2, 0) is 30.7 Å². The van der Waals surface area contributed by atoms with Gasteiger partial charge in [-0.3, -0.25) is 18.7 Å². The van der Waals surface area contributed by atoms with Crippen LogP contribution in [0, 0.1) is 0 Å². The van der Waals surface area contributed by atoms with Gasteiger partial charge in [-0.25, -0.2) is 4.79 Å². The summed E-state index contributed by atoms with van der Waals surface area (Å²) in [7, 11) is 0. The molecule has 0 spiro atoms. The summed E-state index contributed by atoms with van der Waals surface area (Å²) >= 11 is 5.96. The molecule has 1 heterocycles. The summed E-state index contributed by atoms with van der Waals surface area (Å²) in [6.07, 6.45) is 3.21. The molecule has 33 heavy (non-hydrogen) atoms. The molecule has 1 aliphatic rings. The minimum absolute atomic E-state index is 0.0894. The van der Waals surface area contributed by atoms with E-state index >= 15 is 0 Å². The van der Waals surface area contributed by atoms with Gasteiger partial charge in [-0.2, -0.15) is 0 Å². The molecule has 1 N–H and O–H groups in total. The largest absolute Gasteiger partial charge is 0.332 e. The molecule has 0 saturated carbocycles. The van der Waals surface area contributed by atoms with Gasteiger partial charge in [0.25, 0.3) is 5.56 Å². The Morgan fingerprint density at radius 3 is 2.48 bits per heavy atom. The lowest BCUT2D eigenvalue weighted by Crippen LogP contribution is -2.42. The Kier molecular flexibility index (Phi) is 5.60. The average molecular weight is 460 g/mol. The van der Waals surface area contributed by atoms with Crippen LogP contribution in [0.4, 0.5) is 5.69 Å². The summed E-state index contributed by atoms with van der Waals surface area (Å²) < 4.78 is 2.52. The highest BCUT2D eigenvalue weighted by Crippen LogP contribution is 2.25. The van der Waals surface area contributed by atoms with Crippen LogP contribution >= 0.6 is 11.6 Å². The molecule has 166 valence electrons. The van der Waals surface area contributed by atoms with Crippen molar-refractivity contribution in [2.24, 2.45) is 0 Å². The Labute approximate surface area is 195 Å². The summed E-state index contributed by atoms with van der Waals surface area (Å²) in [4.78, 5) is 39.3. The van der Waals surface area contributed by atoms with Crippen molar-refractivity contribution in [3.63, 3.8) is 0 Å². The topological polar surface area (TPSA) is 73.1 Å². The van der Waals surface area contributed by atoms with Crippen LogP contribution in [-0.4, -0.2) is 15.0 Å². The van der Waals surface area contributed by atoms with E-state index in [1.165, 1.54) is 15.7 Å². The van der Waals surface area contributed by atoms with Gasteiger partial charge < -0.3 is 5.32 Å². The number of para-hydroxylation sites is 1. The Morgan fingerprint density at radius 1 is 0.909 bits per heavy atom. The van der Waals surface area contributed by atoms with Crippen molar-refractivity contribution in [3.05, 3.63) is 109 Å². The summed E-state index contributed by atoms with van der Waals surface area (Å²) in [6, 6.07) is 19.8. The minimum atomic E-state index is -0.530. The van der Waals surface area contributed by atoms with Crippen molar-refractivity contribution >= 4 is 34.1 Å². The number of carbonyl (C=O) groups is 1. The molecular formula is C26H22ClN3O3. The van der Waals surface area contributed by atoms with Gasteiger partial charge >= 0.3 is 5.69 Å². The summed E-state index contributed by atoms with van der Waals surface area (Å²) in [6.45, 7) is -0.108. The number of benzene rings is 3. The van der Waals surface area contributed by atoms with Crippen LogP contribution in [0.1, 0.15) is 23.1 Å². The number of anilines is 1. The van der Waals surface area contributed by atoms with Gasteiger partial charge in [0, 0.05) is 10.7 Å². The zero-order chi connectivity index (χ0) is 22.9. The first-order valence-corrected chi connectivity index (χ1v) is 11.3. The van der Waals surface area contributed by atoms with Gasteiger partial charge in [0.15, 0.2) is 0 Å². The zero-order valence-corrected chi connectivity index (χ0v) is 18.6. The highest BCUT2D eigenvalue weighted by molar-refractivity contribution is 6.30. The first-order valence-electron chi connectivity index (χ1n) is 10.9. The molecule has 0 unspecified atom stereocenters. The predicted molar refractivity (Wildman–Crippen MR) is 130 cm³/mol. The van der Waals surface area contributed by atoms with Gasteiger partial charge in [-0.1, -0.05) is 41.9 Å². The number of halogens is 1. The van der Waals surface area contributed by atoms with E-state index in [0.29, 0.717) is 21.6 Å². The van der Waals surface area contributed by atoms with Crippen molar-refractivity contribution in [2.45, 2.75) is 32.4 Å². The molecule has 4 aromatic rings. The van der Waals surface area contributed by atoms with Gasteiger partial charge in [-0.15, -0.1) is 0 Å². The molecule has 1 aliphatic carbocycles. The molecule has 0 fully saturated rings. The second-order valence-corrected chi connectivity index (χ2v) is 8.73. The van der Waals surface area contributed by atoms with E-state index in [1.54, 1.807) is 48.5 Å². The lowest BCUT2D eigenvalue weighted by molar-refractivity contribution is -0.116. The lowest BCUT2D eigenvalue weighted by Gasteiger charge is -2.14. The van der Waals surface area contributed by atoms with Crippen molar-refractivity contribution < 1.29 is 4.79 Å². The molecule has 1 aromatic heterocycles. The number of aromatic nitrogens is 2. The van der Waals surface area contributed by atoms with Gasteiger partial charge in [0.2, 0.25) is 5.91 Å². The quantitative estimate of drug-likeness (QED) is 0.490. The number of fused-ring (bicyclic) bond motifs is 2. The summed E-state index contributed by atoms with van der Waals surface area (Å²) in [5.41, 5.74) is 3.58. The van der Waals surface area contributed by atoms with E-state index in [-0.39, 0.29) is 24.6 Å². The fraction of sp³-hybridized carbons (Fsp3) is 0.192. The van der Waals surface area contributed by atoms with Crippen molar-refractivity contribution in [1.82, 2.24) is 9.13 Å². The standard InChI is InChI=1S/C26H22ClN3O3/c27-20-11-8-17(9-12-20)15-30-25(32)22-6-1-2-7-23(22)29(26(30)33)16-24(31)28-21-13-10-18-4-3-5-19(18)14-21/h1-2,6-14H,3-5,15-16H2,(H,28,31). The molecule has 5 rings (SSSR count). The molecule has 6 nitrogen and oxygen atoms in total. The Balaban J connectivity index is 1.50. The first kappa shape index (κ1) is 21.2. The number of rotatable bonds is 5. The van der Waals surface area contributed by atoms with Crippen molar-refractivity contribution in [3.8, 4) is 0 Å². The molecule has 1 amide bonds. The van der Waals surface area contributed by atoms with Gasteiger partial charge in [0.05, 0.1) is 17.4 Å². The molecule has 0 atom stereocenters. The van der Waals surface area contributed by atoms with Crippen LogP contribution in [0.15, 0.2) is 76.3 Å². The second kappa shape index (κ2) is 8.71. The molecule has 0 bridgehead atoms. The molecule has 0 saturated heterocycles. The normalized spacial score (nSPS) is 12.6. The van der Waals surface area contributed by atoms with Gasteiger partial charge in [0.1, 0.15) is 6.54 Å². The van der Waals surface area contributed by atoms with E-state index in [2.05, 4.69) is 5.32 Å². The smallest absolute Gasteiger partial charge is 0.325 e. The lowest BCUT2D eigenvalue weighted by atomic mass is 10.1. The van der Waals surface area contributed by atoms with E-state index in [9.17, 15) is 14.4 Å². The highest BCUT2D eigenvalue weighted by Gasteiger charge is 2.17. The van der Waals surface area contributed by atoms with E-state index in [4.69, 9.17) is 11.6 Å². The maximum atomic E-state index is 13.3. The number of amides is 1. The average Bonchev–Trinajstić information content (AvgIpc) is 3.29. The number of aryl methyl sites for hydroxylation is 2. The summed E-state index contributed by atoms with van der Waals surface area (Å²) in [5.74, 6) is -0.322. The van der Waals surface area contributed by atoms with Crippen molar-refractivity contribution in [2.75, 3.05) is 5.32 Å². The SMILES string of the molecule is O=C(Cn1c(=O)n(Cc2ccc(Cl)cc2)c(=O)c2ccccc21)Nc1ccc2c(c1)CCC2. The number of hydrogen-bond donors (Lipinski definition) is 1. The number of nitrogens with zero attached hydrogens (tertiary/aromatic N) is 2. The second-order valence-electron chi connectivity index (χ2n) is 8.29. The van der Waals surface area contributed by atoms with Crippen molar-refractivity contribution in [1.29, 1.82) is 0 Å². The molecule has 7 heteroatoms. The Morgan fingerprint density at radius 2 is 1.67 bits per heavy atom. The fourth-order valence-corrected chi connectivity index (χ4v) is 4.56. The number of nitrogens with one attached hydrogen (secondary N) is 1.